The van der Waals surface area contributed by atoms with Crippen LogP contribution in [0.15, 0.2) is 34.7 Å². The number of carbonyl (C=O) groups is 1. The predicted octanol–water partition coefficient (Wildman–Crippen LogP) is 3.43. The third-order valence-corrected chi connectivity index (χ3v) is 5.04. The van der Waals surface area contributed by atoms with Gasteiger partial charge in [0.05, 0.1) is 23.6 Å². The second-order valence-corrected chi connectivity index (χ2v) is 7.66. The molecule has 1 amide bonds. The zero-order valence-corrected chi connectivity index (χ0v) is 18.3. The van der Waals surface area contributed by atoms with Gasteiger partial charge in [0.2, 0.25) is 17.7 Å². The van der Waals surface area contributed by atoms with Crippen molar-refractivity contribution in [1.82, 2.24) is 34.7 Å². The van der Waals surface area contributed by atoms with Gasteiger partial charge in [0.1, 0.15) is 0 Å². The van der Waals surface area contributed by atoms with Gasteiger partial charge in [-0.25, -0.2) is 9.50 Å². The number of aromatic nitrogens is 6. The van der Waals surface area contributed by atoms with Gasteiger partial charge in [0.15, 0.2) is 5.82 Å². The van der Waals surface area contributed by atoms with Gasteiger partial charge < -0.3 is 9.32 Å². The number of aryl methyl sites for hydroxylation is 2. The second kappa shape index (κ2) is 8.81. The van der Waals surface area contributed by atoms with Crippen LogP contribution in [0.2, 0.25) is 5.02 Å². The highest BCUT2D eigenvalue weighted by Crippen LogP contribution is 2.26. The van der Waals surface area contributed by atoms with Gasteiger partial charge in [0.25, 0.3) is 5.78 Å². The van der Waals surface area contributed by atoms with E-state index in [4.69, 9.17) is 16.0 Å². The van der Waals surface area contributed by atoms with E-state index < -0.39 is 0 Å². The van der Waals surface area contributed by atoms with Crippen LogP contribution in [0.3, 0.4) is 0 Å². The molecule has 0 saturated heterocycles. The smallest absolute Gasteiger partial charge is 0.252 e. The lowest BCUT2D eigenvalue weighted by Gasteiger charge is -2.19. The fourth-order valence-electron chi connectivity index (χ4n) is 3.32. The fourth-order valence-corrected chi connectivity index (χ4v) is 3.53. The molecule has 0 aliphatic carbocycles. The molecular formula is C21H22ClN7O2. The Bertz CT molecular complexity index is 1230. The zero-order valence-electron chi connectivity index (χ0n) is 17.5. The Balaban J connectivity index is 1.51. The monoisotopic (exact) mass is 439 g/mol. The summed E-state index contributed by atoms with van der Waals surface area (Å²) in [7, 11) is 0. The van der Waals surface area contributed by atoms with Crippen LogP contribution in [0.1, 0.15) is 36.4 Å². The summed E-state index contributed by atoms with van der Waals surface area (Å²) in [6.45, 7) is 6.58. The molecule has 1 aromatic carbocycles. The minimum Gasteiger partial charge on any atom is -0.419 e. The van der Waals surface area contributed by atoms with E-state index >= 15 is 0 Å². The zero-order chi connectivity index (χ0) is 22.0. The van der Waals surface area contributed by atoms with E-state index in [2.05, 4.69) is 25.3 Å². The van der Waals surface area contributed by atoms with Gasteiger partial charge in [-0.2, -0.15) is 4.98 Å². The summed E-state index contributed by atoms with van der Waals surface area (Å²) in [4.78, 5) is 23.4. The molecule has 0 fully saturated rings. The Morgan fingerprint density at radius 3 is 2.77 bits per heavy atom. The number of hydrogen-bond acceptors (Lipinski definition) is 7. The number of carbonyl (C=O) groups excluding carboxylic acids is 1. The highest BCUT2D eigenvalue weighted by Gasteiger charge is 2.20. The first-order valence-electron chi connectivity index (χ1n) is 9.99. The standard InChI is InChI=1S/C21H22ClN7O2/c1-4-9-28(12-18-25-26-20(31-18)15-7-5-6-8-16(15)22)19(30)11-17-24-21-23-13(2)10-14(3)29(21)27-17/h5-8,10H,4,9,11-12H2,1-3H3. The maximum absolute atomic E-state index is 13.0. The maximum Gasteiger partial charge on any atom is 0.252 e. The van der Waals surface area contributed by atoms with Crippen molar-refractivity contribution < 1.29 is 9.21 Å². The lowest BCUT2D eigenvalue weighted by atomic mass is 10.2. The van der Waals surface area contributed by atoms with Crippen molar-refractivity contribution in [3.05, 3.63) is 58.5 Å². The van der Waals surface area contributed by atoms with Crippen molar-refractivity contribution in [2.75, 3.05) is 6.54 Å². The number of hydrogen-bond donors (Lipinski definition) is 0. The summed E-state index contributed by atoms with van der Waals surface area (Å²) in [6, 6.07) is 9.16. The molecule has 3 aromatic heterocycles. The molecule has 9 nitrogen and oxygen atoms in total. The summed E-state index contributed by atoms with van der Waals surface area (Å²) in [5.41, 5.74) is 2.43. The third kappa shape index (κ3) is 4.56. The molecule has 0 saturated carbocycles. The van der Waals surface area contributed by atoms with Crippen LogP contribution >= 0.6 is 11.6 Å². The molecule has 0 bridgehead atoms. The van der Waals surface area contributed by atoms with Gasteiger partial charge in [-0.1, -0.05) is 30.7 Å². The number of benzene rings is 1. The van der Waals surface area contributed by atoms with E-state index in [1.165, 1.54) is 0 Å². The molecule has 0 unspecified atom stereocenters. The van der Waals surface area contributed by atoms with Gasteiger partial charge in [0, 0.05) is 17.9 Å². The highest BCUT2D eigenvalue weighted by atomic mass is 35.5. The maximum atomic E-state index is 13.0. The quantitative estimate of drug-likeness (QED) is 0.434. The number of fused-ring (bicyclic) bond motifs is 1. The first-order chi connectivity index (χ1) is 14.9. The van der Waals surface area contributed by atoms with Crippen LogP contribution in [-0.2, 0) is 17.8 Å². The Labute approximate surface area is 184 Å². The Morgan fingerprint density at radius 2 is 2.00 bits per heavy atom. The SMILES string of the molecule is CCCN(Cc1nnc(-c2ccccc2Cl)o1)C(=O)Cc1nc2nc(C)cc(C)n2n1. The normalized spacial score (nSPS) is 11.2. The number of halogens is 1. The van der Waals surface area contributed by atoms with Crippen molar-refractivity contribution in [2.24, 2.45) is 0 Å². The molecule has 0 aliphatic rings. The van der Waals surface area contributed by atoms with Gasteiger partial charge in [-0.05, 0) is 38.5 Å². The van der Waals surface area contributed by atoms with E-state index in [1.807, 2.05) is 39.0 Å². The van der Waals surface area contributed by atoms with Crippen molar-refractivity contribution in [3.63, 3.8) is 0 Å². The molecule has 0 N–H and O–H groups in total. The summed E-state index contributed by atoms with van der Waals surface area (Å²) >= 11 is 6.21. The third-order valence-electron chi connectivity index (χ3n) is 4.71. The van der Waals surface area contributed by atoms with E-state index in [1.54, 1.807) is 21.5 Å². The number of nitrogens with zero attached hydrogens (tertiary/aromatic N) is 7. The van der Waals surface area contributed by atoms with E-state index in [9.17, 15) is 4.79 Å². The van der Waals surface area contributed by atoms with Crippen LogP contribution in [-0.4, -0.2) is 47.1 Å². The molecule has 10 heteroatoms. The number of rotatable bonds is 7. The minimum absolute atomic E-state index is 0.0629. The molecule has 0 radical (unpaired) electrons. The highest BCUT2D eigenvalue weighted by molar-refractivity contribution is 6.33. The minimum atomic E-state index is -0.121. The second-order valence-electron chi connectivity index (χ2n) is 7.25. The summed E-state index contributed by atoms with van der Waals surface area (Å²) in [5.74, 6) is 1.46. The predicted molar refractivity (Wildman–Crippen MR) is 114 cm³/mol. The lowest BCUT2D eigenvalue weighted by Crippen LogP contribution is -2.33. The van der Waals surface area contributed by atoms with Crippen molar-refractivity contribution in [1.29, 1.82) is 0 Å². The topological polar surface area (TPSA) is 102 Å². The Morgan fingerprint density at radius 1 is 1.19 bits per heavy atom. The van der Waals surface area contributed by atoms with E-state index in [-0.39, 0.29) is 18.9 Å². The van der Waals surface area contributed by atoms with Crippen molar-refractivity contribution in [2.45, 2.75) is 40.2 Å². The lowest BCUT2D eigenvalue weighted by molar-refractivity contribution is -0.131. The average molecular weight is 440 g/mol. The van der Waals surface area contributed by atoms with Gasteiger partial charge >= 0.3 is 0 Å². The molecule has 0 atom stereocenters. The summed E-state index contributed by atoms with van der Waals surface area (Å²) < 4.78 is 7.41. The molecule has 31 heavy (non-hydrogen) atoms. The molecule has 0 spiro atoms. The van der Waals surface area contributed by atoms with Crippen LogP contribution in [0.4, 0.5) is 0 Å². The Hall–Kier alpha value is -3.33. The van der Waals surface area contributed by atoms with Crippen LogP contribution in [0.25, 0.3) is 17.2 Å². The molecule has 4 rings (SSSR count). The van der Waals surface area contributed by atoms with E-state index in [0.717, 1.165) is 17.8 Å². The van der Waals surface area contributed by atoms with Crippen LogP contribution in [0, 0.1) is 13.8 Å². The van der Waals surface area contributed by atoms with Crippen LogP contribution in [0.5, 0.6) is 0 Å². The molecular weight excluding hydrogens is 418 g/mol. The molecule has 0 aliphatic heterocycles. The average Bonchev–Trinajstić information content (AvgIpc) is 3.35. The van der Waals surface area contributed by atoms with Gasteiger partial charge in [-0.3, -0.25) is 4.79 Å². The van der Waals surface area contributed by atoms with E-state index in [0.29, 0.717) is 40.5 Å². The van der Waals surface area contributed by atoms with Crippen molar-refractivity contribution >= 4 is 23.3 Å². The summed E-state index contributed by atoms with van der Waals surface area (Å²) in [6.07, 6.45) is 0.850. The van der Waals surface area contributed by atoms with Crippen LogP contribution < -0.4 is 0 Å². The fraction of sp³-hybridized carbons (Fsp3) is 0.333. The molecule has 160 valence electrons. The summed E-state index contributed by atoms with van der Waals surface area (Å²) in [5, 5.41) is 13.1. The van der Waals surface area contributed by atoms with Gasteiger partial charge in [-0.15, -0.1) is 15.3 Å². The molecule has 3 heterocycles. The Kier molecular flexibility index (Phi) is 5.94. The number of amides is 1. The van der Waals surface area contributed by atoms with Crippen molar-refractivity contribution in [3.8, 4) is 11.5 Å². The first kappa shape index (κ1) is 20.9. The first-order valence-corrected chi connectivity index (χ1v) is 10.4. The molecule has 4 aromatic rings. The largest absolute Gasteiger partial charge is 0.419 e.